The summed E-state index contributed by atoms with van der Waals surface area (Å²) in [5, 5.41) is 11.9. The number of fused-ring (bicyclic) bond motifs is 1. The standard InChI is InChI=1S/C15H12ClNO3/c1-19-14-8-17-5-4-11(14)15(18)13-7-9-6-10(16)2-3-12(9)20-13/h2-8,15,18H,1H3. The van der Waals surface area contributed by atoms with Gasteiger partial charge in [0.2, 0.25) is 0 Å². The lowest BCUT2D eigenvalue weighted by Crippen LogP contribution is -2.01. The second kappa shape index (κ2) is 5.15. The van der Waals surface area contributed by atoms with Crippen molar-refractivity contribution in [2.45, 2.75) is 6.10 Å². The van der Waals surface area contributed by atoms with Crippen LogP contribution in [0.3, 0.4) is 0 Å². The third-order valence-corrected chi connectivity index (χ3v) is 3.33. The number of hydrogen-bond acceptors (Lipinski definition) is 4. The molecular formula is C15H12ClNO3. The second-order valence-corrected chi connectivity index (χ2v) is 4.79. The molecule has 0 aliphatic rings. The predicted octanol–water partition coefficient (Wildman–Crippen LogP) is 3.57. The highest BCUT2D eigenvalue weighted by Gasteiger charge is 2.19. The third-order valence-electron chi connectivity index (χ3n) is 3.10. The van der Waals surface area contributed by atoms with Crippen LogP contribution >= 0.6 is 11.6 Å². The zero-order valence-electron chi connectivity index (χ0n) is 10.7. The molecule has 0 aliphatic heterocycles. The summed E-state index contributed by atoms with van der Waals surface area (Å²) >= 11 is 5.94. The van der Waals surface area contributed by atoms with Gasteiger partial charge in [0.25, 0.3) is 0 Å². The van der Waals surface area contributed by atoms with Crippen molar-refractivity contribution in [1.29, 1.82) is 0 Å². The van der Waals surface area contributed by atoms with E-state index in [1.165, 1.54) is 7.11 Å². The zero-order valence-corrected chi connectivity index (χ0v) is 11.5. The van der Waals surface area contributed by atoms with Gasteiger partial charge in [-0.15, -0.1) is 0 Å². The first-order valence-corrected chi connectivity index (χ1v) is 6.42. The maximum atomic E-state index is 10.4. The number of furan rings is 1. The van der Waals surface area contributed by atoms with Crippen LogP contribution in [0, 0.1) is 0 Å². The summed E-state index contributed by atoms with van der Waals surface area (Å²) in [6, 6.07) is 8.78. The number of aliphatic hydroxyl groups excluding tert-OH is 1. The quantitative estimate of drug-likeness (QED) is 0.801. The highest BCUT2D eigenvalue weighted by Crippen LogP contribution is 2.33. The van der Waals surface area contributed by atoms with Crippen LogP contribution in [0.5, 0.6) is 5.75 Å². The molecule has 0 bridgehead atoms. The summed E-state index contributed by atoms with van der Waals surface area (Å²) in [6.45, 7) is 0. The van der Waals surface area contributed by atoms with Gasteiger partial charge in [0.1, 0.15) is 23.2 Å². The highest BCUT2D eigenvalue weighted by atomic mass is 35.5. The van der Waals surface area contributed by atoms with Gasteiger partial charge in [-0.25, -0.2) is 0 Å². The van der Waals surface area contributed by atoms with Crippen molar-refractivity contribution >= 4 is 22.6 Å². The average Bonchev–Trinajstić information content (AvgIpc) is 2.89. The largest absolute Gasteiger partial charge is 0.495 e. The number of aromatic nitrogens is 1. The van der Waals surface area contributed by atoms with E-state index in [2.05, 4.69) is 4.98 Å². The fourth-order valence-electron chi connectivity index (χ4n) is 2.11. The SMILES string of the molecule is COc1cnccc1C(O)c1cc2cc(Cl)ccc2o1. The summed E-state index contributed by atoms with van der Waals surface area (Å²) in [5.74, 6) is 0.949. The first-order chi connectivity index (χ1) is 9.69. The molecule has 1 N–H and O–H groups in total. The molecule has 0 aliphatic carbocycles. The van der Waals surface area contributed by atoms with Crippen molar-refractivity contribution in [3.8, 4) is 5.75 Å². The van der Waals surface area contributed by atoms with Crippen molar-refractivity contribution in [2.75, 3.05) is 7.11 Å². The molecule has 1 atom stereocenters. The van der Waals surface area contributed by atoms with Crippen molar-refractivity contribution in [2.24, 2.45) is 0 Å². The lowest BCUT2D eigenvalue weighted by molar-refractivity contribution is 0.187. The lowest BCUT2D eigenvalue weighted by atomic mass is 10.1. The van der Waals surface area contributed by atoms with Crippen LogP contribution < -0.4 is 4.74 Å². The minimum absolute atomic E-state index is 0.437. The number of benzene rings is 1. The molecule has 20 heavy (non-hydrogen) atoms. The van der Waals surface area contributed by atoms with Crippen LogP contribution in [0.2, 0.25) is 5.02 Å². The second-order valence-electron chi connectivity index (χ2n) is 4.35. The van der Waals surface area contributed by atoms with Gasteiger partial charge < -0.3 is 14.3 Å². The molecule has 0 fully saturated rings. The smallest absolute Gasteiger partial charge is 0.143 e. The lowest BCUT2D eigenvalue weighted by Gasteiger charge is -2.11. The van der Waals surface area contributed by atoms with Crippen LogP contribution in [-0.4, -0.2) is 17.2 Å². The van der Waals surface area contributed by atoms with Gasteiger partial charge in [-0.2, -0.15) is 0 Å². The molecule has 0 radical (unpaired) electrons. The Balaban J connectivity index is 2.05. The Kier molecular flexibility index (Phi) is 3.34. The number of rotatable bonds is 3. The molecule has 0 saturated carbocycles. The van der Waals surface area contributed by atoms with Gasteiger partial charge in [0.05, 0.1) is 13.3 Å². The van der Waals surface area contributed by atoms with Crippen LogP contribution in [0.25, 0.3) is 11.0 Å². The number of methoxy groups -OCH3 is 1. The Morgan fingerprint density at radius 2 is 2.15 bits per heavy atom. The molecule has 5 heteroatoms. The molecule has 3 rings (SSSR count). The third kappa shape index (κ3) is 2.24. The van der Waals surface area contributed by atoms with Crippen molar-refractivity contribution < 1.29 is 14.3 Å². The molecule has 3 aromatic rings. The van der Waals surface area contributed by atoms with E-state index in [9.17, 15) is 5.11 Å². The van der Waals surface area contributed by atoms with Crippen molar-refractivity contribution in [3.63, 3.8) is 0 Å². The van der Waals surface area contributed by atoms with Crippen molar-refractivity contribution in [1.82, 2.24) is 4.98 Å². The molecule has 0 amide bonds. The Morgan fingerprint density at radius 1 is 1.30 bits per heavy atom. The summed E-state index contributed by atoms with van der Waals surface area (Å²) in [4.78, 5) is 3.96. The van der Waals surface area contributed by atoms with Gasteiger partial charge in [0, 0.05) is 22.2 Å². The fraction of sp³-hybridized carbons (Fsp3) is 0.133. The number of pyridine rings is 1. The number of ether oxygens (including phenoxy) is 1. The maximum absolute atomic E-state index is 10.4. The van der Waals surface area contributed by atoms with E-state index in [-0.39, 0.29) is 0 Å². The van der Waals surface area contributed by atoms with Crippen molar-refractivity contribution in [3.05, 3.63) is 59.1 Å². The van der Waals surface area contributed by atoms with Gasteiger partial charge in [-0.05, 0) is 30.3 Å². The number of nitrogens with zero attached hydrogens (tertiary/aromatic N) is 1. The van der Waals surface area contributed by atoms with Gasteiger partial charge in [0.15, 0.2) is 0 Å². The van der Waals surface area contributed by atoms with Gasteiger partial charge in [-0.1, -0.05) is 11.6 Å². The minimum Gasteiger partial charge on any atom is -0.495 e. The number of aliphatic hydroxyl groups is 1. The maximum Gasteiger partial charge on any atom is 0.143 e. The van der Waals surface area contributed by atoms with E-state index in [0.717, 1.165) is 5.39 Å². The Hall–Kier alpha value is -2.04. The molecule has 0 saturated heterocycles. The minimum atomic E-state index is -0.917. The molecule has 0 spiro atoms. The number of hydrogen-bond donors (Lipinski definition) is 1. The zero-order chi connectivity index (χ0) is 14.1. The molecule has 4 nitrogen and oxygen atoms in total. The summed E-state index contributed by atoms with van der Waals surface area (Å²) in [7, 11) is 1.53. The van der Waals surface area contributed by atoms with E-state index >= 15 is 0 Å². The van der Waals surface area contributed by atoms with Crippen LogP contribution in [0.4, 0.5) is 0 Å². The summed E-state index contributed by atoms with van der Waals surface area (Å²) < 4.78 is 10.8. The first kappa shape index (κ1) is 13.0. The van der Waals surface area contributed by atoms with Gasteiger partial charge in [-0.3, -0.25) is 4.98 Å². The average molecular weight is 290 g/mol. The fourth-order valence-corrected chi connectivity index (χ4v) is 2.29. The van der Waals surface area contributed by atoms with E-state index in [1.807, 2.05) is 0 Å². The van der Waals surface area contributed by atoms with E-state index in [1.54, 1.807) is 42.7 Å². The molecule has 2 heterocycles. The normalized spacial score (nSPS) is 12.6. The predicted molar refractivity (Wildman–Crippen MR) is 76.1 cm³/mol. The molecule has 102 valence electrons. The van der Waals surface area contributed by atoms with Gasteiger partial charge >= 0.3 is 0 Å². The van der Waals surface area contributed by atoms with E-state index in [4.69, 9.17) is 20.8 Å². The Morgan fingerprint density at radius 3 is 2.95 bits per heavy atom. The Bertz CT molecular complexity index is 754. The topological polar surface area (TPSA) is 55.5 Å². The highest BCUT2D eigenvalue weighted by molar-refractivity contribution is 6.31. The van der Waals surface area contributed by atoms with E-state index < -0.39 is 6.10 Å². The summed E-state index contributed by atoms with van der Waals surface area (Å²) in [6.07, 6.45) is 2.23. The van der Waals surface area contributed by atoms with E-state index in [0.29, 0.717) is 27.7 Å². The monoisotopic (exact) mass is 289 g/mol. The summed E-state index contributed by atoms with van der Waals surface area (Å²) in [5.41, 5.74) is 1.28. The Labute approximate surface area is 120 Å². The first-order valence-electron chi connectivity index (χ1n) is 6.04. The number of halogens is 1. The van der Waals surface area contributed by atoms with Crippen LogP contribution in [0.15, 0.2) is 47.1 Å². The van der Waals surface area contributed by atoms with Crippen LogP contribution in [0.1, 0.15) is 17.4 Å². The molecule has 1 unspecified atom stereocenters. The van der Waals surface area contributed by atoms with Crippen LogP contribution in [-0.2, 0) is 0 Å². The molecule has 1 aromatic carbocycles. The molecule has 2 aromatic heterocycles. The molecular weight excluding hydrogens is 278 g/mol.